The highest BCUT2D eigenvalue weighted by atomic mass is 35.5. The van der Waals surface area contributed by atoms with Gasteiger partial charge in [0, 0.05) is 6.54 Å². The van der Waals surface area contributed by atoms with Gasteiger partial charge in [0.05, 0.1) is 11.6 Å². The fourth-order valence-corrected chi connectivity index (χ4v) is 2.77. The van der Waals surface area contributed by atoms with Crippen molar-refractivity contribution in [1.82, 2.24) is 10.2 Å². The third-order valence-corrected chi connectivity index (χ3v) is 4.20. The molecule has 2 aliphatic rings. The van der Waals surface area contributed by atoms with Crippen LogP contribution in [0.15, 0.2) is 18.2 Å². The number of benzene rings is 1. The Bertz CT molecular complexity index is 574. The molecular formula is C14H14ClFN2O2. The zero-order valence-electron chi connectivity index (χ0n) is 10.7. The average Bonchev–Trinajstić information content (AvgIpc) is 3.23. The summed E-state index contributed by atoms with van der Waals surface area (Å²) in [7, 11) is 0. The lowest BCUT2D eigenvalue weighted by molar-refractivity contribution is -0.147. The third-order valence-electron chi connectivity index (χ3n) is 3.78. The number of nitrogens with one attached hydrogen (secondary N) is 1. The lowest BCUT2D eigenvalue weighted by Crippen LogP contribution is -2.58. The standard InChI is InChI=1S/C14H14ClFN2O2/c15-12-9(2-1-3-10(12)16)7-18-11(19)6-17-14(20)13(18)8-4-5-8/h1-3,8,13H,4-7H2,(H,17,20). The van der Waals surface area contributed by atoms with Gasteiger partial charge in [-0.2, -0.15) is 0 Å². The van der Waals surface area contributed by atoms with E-state index in [2.05, 4.69) is 5.32 Å². The number of nitrogens with zero attached hydrogens (tertiary/aromatic N) is 1. The fraction of sp³-hybridized carbons (Fsp3) is 0.429. The van der Waals surface area contributed by atoms with E-state index >= 15 is 0 Å². The van der Waals surface area contributed by atoms with Gasteiger partial charge in [0.25, 0.3) is 0 Å². The molecule has 4 nitrogen and oxygen atoms in total. The van der Waals surface area contributed by atoms with Gasteiger partial charge in [-0.25, -0.2) is 4.39 Å². The highest BCUT2D eigenvalue weighted by Gasteiger charge is 2.44. The van der Waals surface area contributed by atoms with Crippen LogP contribution in [0.5, 0.6) is 0 Å². The molecule has 106 valence electrons. The first-order valence-electron chi connectivity index (χ1n) is 6.58. The molecule has 6 heteroatoms. The molecule has 1 saturated heterocycles. The van der Waals surface area contributed by atoms with Gasteiger partial charge in [0.2, 0.25) is 11.8 Å². The number of piperazine rings is 1. The second-order valence-electron chi connectivity index (χ2n) is 5.23. The Labute approximate surface area is 120 Å². The first kappa shape index (κ1) is 13.4. The maximum absolute atomic E-state index is 13.5. The molecule has 1 aliphatic heterocycles. The molecule has 0 spiro atoms. The number of rotatable bonds is 3. The van der Waals surface area contributed by atoms with E-state index in [0.29, 0.717) is 5.56 Å². The molecule has 1 saturated carbocycles. The zero-order chi connectivity index (χ0) is 14.3. The van der Waals surface area contributed by atoms with Crippen LogP contribution in [0.3, 0.4) is 0 Å². The van der Waals surface area contributed by atoms with Crippen molar-refractivity contribution in [3.05, 3.63) is 34.6 Å². The van der Waals surface area contributed by atoms with Crippen LogP contribution < -0.4 is 5.32 Å². The minimum atomic E-state index is -0.513. The van der Waals surface area contributed by atoms with Crippen molar-refractivity contribution in [2.75, 3.05) is 6.54 Å². The van der Waals surface area contributed by atoms with Gasteiger partial charge in [-0.15, -0.1) is 0 Å². The van der Waals surface area contributed by atoms with Crippen LogP contribution in [0.25, 0.3) is 0 Å². The molecule has 0 radical (unpaired) electrons. The third kappa shape index (κ3) is 2.38. The molecule has 2 fully saturated rings. The van der Waals surface area contributed by atoms with Gasteiger partial charge in [0.1, 0.15) is 11.9 Å². The van der Waals surface area contributed by atoms with Crippen LogP contribution in [0.2, 0.25) is 5.02 Å². The van der Waals surface area contributed by atoms with Crippen LogP contribution in [-0.2, 0) is 16.1 Å². The second-order valence-corrected chi connectivity index (χ2v) is 5.61. The predicted octanol–water partition coefficient (Wildman–Crippen LogP) is 1.72. The molecule has 1 aromatic rings. The van der Waals surface area contributed by atoms with E-state index in [1.54, 1.807) is 12.1 Å². The first-order chi connectivity index (χ1) is 9.58. The van der Waals surface area contributed by atoms with Gasteiger partial charge in [-0.1, -0.05) is 23.7 Å². The quantitative estimate of drug-likeness (QED) is 0.923. The molecular weight excluding hydrogens is 283 g/mol. The lowest BCUT2D eigenvalue weighted by atomic mass is 10.1. The van der Waals surface area contributed by atoms with Crippen LogP contribution in [0.4, 0.5) is 4.39 Å². The molecule has 0 aromatic heterocycles. The van der Waals surface area contributed by atoms with Crippen LogP contribution in [0.1, 0.15) is 18.4 Å². The predicted molar refractivity (Wildman–Crippen MR) is 71.5 cm³/mol. The van der Waals surface area contributed by atoms with Crippen molar-refractivity contribution in [1.29, 1.82) is 0 Å². The van der Waals surface area contributed by atoms with Crippen molar-refractivity contribution in [2.45, 2.75) is 25.4 Å². The summed E-state index contributed by atoms with van der Waals surface area (Å²) < 4.78 is 13.5. The summed E-state index contributed by atoms with van der Waals surface area (Å²) in [6, 6.07) is 4.05. The molecule has 1 unspecified atom stereocenters. The number of halogens is 2. The highest BCUT2D eigenvalue weighted by molar-refractivity contribution is 6.31. The maximum Gasteiger partial charge on any atom is 0.243 e. The van der Waals surface area contributed by atoms with Gasteiger partial charge < -0.3 is 10.2 Å². The molecule has 3 rings (SSSR count). The van der Waals surface area contributed by atoms with Gasteiger partial charge in [0.15, 0.2) is 0 Å². The van der Waals surface area contributed by atoms with Gasteiger partial charge in [-0.3, -0.25) is 9.59 Å². The Morgan fingerprint density at radius 3 is 2.80 bits per heavy atom. The summed E-state index contributed by atoms with van der Waals surface area (Å²) in [5.74, 6) is -0.575. The SMILES string of the molecule is O=C1NCC(=O)N(Cc2cccc(F)c2Cl)C1C1CC1. The smallest absolute Gasteiger partial charge is 0.243 e. The topological polar surface area (TPSA) is 49.4 Å². The molecule has 2 amide bonds. The summed E-state index contributed by atoms with van der Waals surface area (Å²) >= 11 is 5.93. The lowest BCUT2D eigenvalue weighted by Gasteiger charge is -2.35. The number of hydrogen-bond acceptors (Lipinski definition) is 2. The monoisotopic (exact) mass is 296 g/mol. The number of amides is 2. The zero-order valence-corrected chi connectivity index (χ0v) is 11.5. The van der Waals surface area contributed by atoms with Crippen LogP contribution >= 0.6 is 11.6 Å². The van der Waals surface area contributed by atoms with E-state index in [0.717, 1.165) is 12.8 Å². The molecule has 1 aliphatic carbocycles. The molecule has 1 atom stereocenters. The average molecular weight is 297 g/mol. The van der Waals surface area contributed by atoms with Crippen molar-refractivity contribution in [3.8, 4) is 0 Å². The number of hydrogen-bond donors (Lipinski definition) is 1. The fourth-order valence-electron chi connectivity index (χ4n) is 2.59. The Morgan fingerprint density at radius 2 is 2.10 bits per heavy atom. The molecule has 1 aromatic carbocycles. The van der Waals surface area contributed by atoms with E-state index in [1.165, 1.54) is 11.0 Å². The molecule has 0 bridgehead atoms. The summed E-state index contributed by atoms with van der Waals surface area (Å²) in [5.41, 5.74) is 0.528. The minimum absolute atomic E-state index is 0.00497. The second kappa shape index (κ2) is 5.05. The van der Waals surface area contributed by atoms with Crippen molar-refractivity contribution in [2.24, 2.45) is 5.92 Å². The Kier molecular flexibility index (Phi) is 3.38. The van der Waals surface area contributed by atoms with Crippen molar-refractivity contribution < 1.29 is 14.0 Å². The van der Waals surface area contributed by atoms with Gasteiger partial charge in [-0.05, 0) is 30.4 Å². The molecule has 20 heavy (non-hydrogen) atoms. The number of carbonyl (C=O) groups excluding carboxylic acids is 2. The first-order valence-corrected chi connectivity index (χ1v) is 6.96. The molecule has 1 N–H and O–H groups in total. The van der Waals surface area contributed by atoms with Crippen molar-refractivity contribution >= 4 is 23.4 Å². The minimum Gasteiger partial charge on any atom is -0.345 e. The van der Waals surface area contributed by atoms with E-state index in [9.17, 15) is 14.0 Å². The van der Waals surface area contributed by atoms with E-state index < -0.39 is 11.9 Å². The highest BCUT2D eigenvalue weighted by Crippen LogP contribution is 2.37. The summed E-state index contributed by atoms with van der Waals surface area (Å²) in [6.45, 7) is 0.166. The molecule has 1 heterocycles. The van der Waals surface area contributed by atoms with E-state index in [-0.39, 0.29) is 35.8 Å². The normalized spacial score (nSPS) is 22.9. The maximum atomic E-state index is 13.5. The summed E-state index contributed by atoms with van der Waals surface area (Å²) in [5, 5.41) is 2.62. The number of carbonyl (C=O) groups is 2. The Balaban J connectivity index is 1.88. The Morgan fingerprint density at radius 1 is 1.35 bits per heavy atom. The van der Waals surface area contributed by atoms with E-state index in [4.69, 9.17) is 11.6 Å². The summed E-state index contributed by atoms with van der Waals surface area (Å²) in [6.07, 6.45) is 1.89. The summed E-state index contributed by atoms with van der Waals surface area (Å²) in [4.78, 5) is 25.5. The van der Waals surface area contributed by atoms with Crippen molar-refractivity contribution in [3.63, 3.8) is 0 Å². The van der Waals surface area contributed by atoms with Gasteiger partial charge >= 0.3 is 0 Å². The largest absolute Gasteiger partial charge is 0.345 e. The van der Waals surface area contributed by atoms with Crippen LogP contribution in [-0.4, -0.2) is 29.3 Å². The van der Waals surface area contributed by atoms with E-state index in [1.807, 2.05) is 0 Å². The Hall–Kier alpha value is -1.62. The van der Waals surface area contributed by atoms with Crippen LogP contribution in [0, 0.1) is 11.7 Å².